The first-order valence-corrected chi connectivity index (χ1v) is 6.58. The number of nitrogens with two attached hydrogens (primary N) is 1. The highest BCUT2D eigenvalue weighted by molar-refractivity contribution is 5.84. The molecular weight excluding hydrogens is 248 g/mol. The molecule has 3 N–H and O–H groups in total. The van der Waals surface area contributed by atoms with E-state index in [2.05, 4.69) is 10.0 Å². The number of carbonyl (C=O) groups excluding carboxylic acids is 1. The predicted octanol–water partition coefficient (Wildman–Crippen LogP) is 2.40. The van der Waals surface area contributed by atoms with Crippen molar-refractivity contribution in [1.29, 1.82) is 0 Å². The van der Waals surface area contributed by atoms with Gasteiger partial charge in [-0.05, 0) is 24.8 Å². The molecule has 0 saturated carbocycles. The molecule has 7 nitrogen and oxygen atoms in total. The molecule has 0 aliphatic heterocycles. The van der Waals surface area contributed by atoms with Crippen LogP contribution in [0.5, 0.6) is 0 Å². The predicted molar refractivity (Wildman–Crippen MR) is 71.5 cm³/mol. The molecule has 0 saturated heterocycles. The van der Waals surface area contributed by atoms with Crippen LogP contribution in [0.25, 0.3) is 10.4 Å². The topological polar surface area (TPSA) is 129 Å². The molecule has 0 aromatic rings. The van der Waals surface area contributed by atoms with Crippen molar-refractivity contribution < 1.29 is 14.7 Å². The van der Waals surface area contributed by atoms with E-state index in [-0.39, 0.29) is 5.78 Å². The van der Waals surface area contributed by atoms with Gasteiger partial charge in [-0.3, -0.25) is 9.59 Å². The summed E-state index contributed by atoms with van der Waals surface area (Å²) in [7, 11) is 0. The Bertz CT molecular complexity index is 340. The molecule has 2 atom stereocenters. The molecule has 0 fully saturated rings. The number of Topliss-reactive ketones (excluding diaryl/α,β-unsaturated/α-hetero) is 1. The van der Waals surface area contributed by atoms with Gasteiger partial charge in [-0.25, -0.2) is 0 Å². The molecule has 0 aliphatic rings. The SMILES string of the molecule is CCCC(N=[N+]=[N-])C(=O)CCCCC[C@H](N)C(=O)O. The second-order valence-electron chi connectivity index (χ2n) is 4.52. The van der Waals surface area contributed by atoms with Crippen LogP contribution >= 0.6 is 0 Å². The monoisotopic (exact) mass is 270 g/mol. The normalized spacial score (nSPS) is 13.4. The minimum atomic E-state index is -0.998. The molecule has 1 unspecified atom stereocenters. The summed E-state index contributed by atoms with van der Waals surface area (Å²) in [6.45, 7) is 1.93. The van der Waals surface area contributed by atoms with Gasteiger partial charge < -0.3 is 10.8 Å². The van der Waals surface area contributed by atoms with Crippen molar-refractivity contribution in [2.45, 2.75) is 64.0 Å². The van der Waals surface area contributed by atoms with E-state index >= 15 is 0 Å². The van der Waals surface area contributed by atoms with E-state index in [0.29, 0.717) is 32.1 Å². The second kappa shape index (κ2) is 10.3. The van der Waals surface area contributed by atoms with Crippen LogP contribution in [-0.2, 0) is 9.59 Å². The Hall–Kier alpha value is -1.59. The van der Waals surface area contributed by atoms with E-state index in [0.717, 1.165) is 12.8 Å². The molecular formula is C12H22N4O3. The zero-order valence-electron chi connectivity index (χ0n) is 11.3. The molecule has 0 radical (unpaired) electrons. The van der Waals surface area contributed by atoms with Crippen molar-refractivity contribution in [2.75, 3.05) is 0 Å². The Morgan fingerprint density at radius 3 is 2.53 bits per heavy atom. The van der Waals surface area contributed by atoms with Crippen LogP contribution in [-0.4, -0.2) is 28.9 Å². The van der Waals surface area contributed by atoms with Gasteiger partial charge in [-0.15, -0.1) is 0 Å². The van der Waals surface area contributed by atoms with Crippen LogP contribution in [0.4, 0.5) is 0 Å². The van der Waals surface area contributed by atoms with Crippen LogP contribution in [0.2, 0.25) is 0 Å². The smallest absolute Gasteiger partial charge is 0.320 e. The second-order valence-corrected chi connectivity index (χ2v) is 4.52. The highest BCUT2D eigenvalue weighted by Crippen LogP contribution is 2.11. The largest absolute Gasteiger partial charge is 0.480 e. The van der Waals surface area contributed by atoms with E-state index in [1.54, 1.807) is 0 Å². The fourth-order valence-corrected chi connectivity index (χ4v) is 1.75. The highest BCUT2D eigenvalue weighted by atomic mass is 16.4. The summed E-state index contributed by atoms with van der Waals surface area (Å²) in [6, 6.07) is -1.39. The molecule has 0 aromatic heterocycles. The maximum Gasteiger partial charge on any atom is 0.320 e. The van der Waals surface area contributed by atoms with Gasteiger partial charge in [0.1, 0.15) is 11.8 Å². The van der Waals surface area contributed by atoms with Crippen molar-refractivity contribution >= 4 is 11.8 Å². The maximum absolute atomic E-state index is 11.7. The third kappa shape index (κ3) is 8.18. The van der Waals surface area contributed by atoms with E-state index in [1.165, 1.54) is 0 Å². The molecule has 7 heteroatoms. The number of hydrogen-bond acceptors (Lipinski definition) is 4. The van der Waals surface area contributed by atoms with Gasteiger partial charge in [0.25, 0.3) is 0 Å². The van der Waals surface area contributed by atoms with Gasteiger partial charge in [-0.2, -0.15) is 0 Å². The molecule has 0 amide bonds. The van der Waals surface area contributed by atoms with Gasteiger partial charge in [-0.1, -0.05) is 31.3 Å². The summed E-state index contributed by atoms with van der Waals surface area (Å²) >= 11 is 0. The number of carbonyl (C=O) groups is 2. The number of azide groups is 1. The third-order valence-electron chi connectivity index (χ3n) is 2.88. The minimum Gasteiger partial charge on any atom is -0.480 e. The number of ketones is 1. The molecule has 0 spiro atoms. The Morgan fingerprint density at radius 1 is 1.32 bits per heavy atom. The van der Waals surface area contributed by atoms with Crippen molar-refractivity contribution in [3.8, 4) is 0 Å². The third-order valence-corrected chi connectivity index (χ3v) is 2.88. The average Bonchev–Trinajstić information content (AvgIpc) is 2.37. The summed E-state index contributed by atoms with van der Waals surface area (Å²) in [5.41, 5.74) is 13.7. The van der Waals surface area contributed by atoms with E-state index in [1.807, 2.05) is 6.92 Å². The lowest BCUT2D eigenvalue weighted by Crippen LogP contribution is -2.29. The van der Waals surface area contributed by atoms with Gasteiger partial charge in [0.2, 0.25) is 0 Å². The molecule has 0 bridgehead atoms. The zero-order chi connectivity index (χ0) is 14.7. The molecule has 0 aliphatic carbocycles. The van der Waals surface area contributed by atoms with Gasteiger partial charge in [0.15, 0.2) is 0 Å². The zero-order valence-corrected chi connectivity index (χ0v) is 11.3. The molecule has 19 heavy (non-hydrogen) atoms. The fourth-order valence-electron chi connectivity index (χ4n) is 1.75. The van der Waals surface area contributed by atoms with Gasteiger partial charge in [0, 0.05) is 11.3 Å². The summed E-state index contributed by atoms with van der Waals surface area (Å²) in [6.07, 6.45) is 4.26. The standard InChI is InChI=1S/C12H22N4O3/c1-2-6-10(15-16-14)11(17)8-5-3-4-7-9(13)12(18)19/h9-10H,2-8,13H2,1H3,(H,18,19)/t9-,10?/m0/s1. The average molecular weight is 270 g/mol. The van der Waals surface area contributed by atoms with Crippen molar-refractivity contribution in [3.63, 3.8) is 0 Å². The molecule has 0 heterocycles. The lowest BCUT2D eigenvalue weighted by Gasteiger charge is -2.09. The number of hydrogen-bond donors (Lipinski definition) is 2. The Morgan fingerprint density at radius 2 is 2.00 bits per heavy atom. The number of unbranched alkanes of at least 4 members (excludes halogenated alkanes) is 2. The summed E-state index contributed by atoms with van der Waals surface area (Å²) < 4.78 is 0. The summed E-state index contributed by atoms with van der Waals surface area (Å²) in [5, 5.41) is 12.1. The Labute approximate surface area is 112 Å². The Kier molecular flexibility index (Phi) is 9.48. The van der Waals surface area contributed by atoms with Crippen LogP contribution < -0.4 is 5.73 Å². The first kappa shape index (κ1) is 17.4. The number of nitrogens with zero attached hydrogens (tertiary/aromatic N) is 3. The van der Waals surface area contributed by atoms with E-state index in [9.17, 15) is 9.59 Å². The van der Waals surface area contributed by atoms with Crippen LogP contribution in [0, 0.1) is 0 Å². The number of aliphatic carboxylic acids is 1. The highest BCUT2D eigenvalue weighted by Gasteiger charge is 2.15. The number of rotatable bonds is 11. The van der Waals surface area contributed by atoms with Crippen molar-refractivity contribution in [3.05, 3.63) is 10.4 Å². The van der Waals surface area contributed by atoms with Crippen LogP contribution in [0.1, 0.15) is 51.9 Å². The Balaban J connectivity index is 3.84. The minimum absolute atomic E-state index is 0.0396. The first-order chi connectivity index (χ1) is 9.02. The number of carboxylic acids is 1. The van der Waals surface area contributed by atoms with Gasteiger partial charge in [0.05, 0.1) is 6.04 Å². The van der Waals surface area contributed by atoms with Gasteiger partial charge >= 0.3 is 5.97 Å². The van der Waals surface area contributed by atoms with Crippen molar-refractivity contribution in [2.24, 2.45) is 10.8 Å². The molecule has 0 aromatic carbocycles. The lowest BCUT2D eigenvalue weighted by atomic mass is 10.0. The summed E-state index contributed by atoms with van der Waals surface area (Å²) in [4.78, 5) is 24.9. The van der Waals surface area contributed by atoms with E-state index in [4.69, 9.17) is 16.4 Å². The molecule has 0 rings (SSSR count). The fraction of sp³-hybridized carbons (Fsp3) is 0.833. The maximum atomic E-state index is 11.7. The van der Waals surface area contributed by atoms with Crippen LogP contribution in [0.3, 0.4) is 0 Å². The first-order valence-electron chi connectivity index (χ1n) is 6.58. The van der Waals surface area contributed by atoms with Crippen LogP contribution in [0.15, 0.2) is 5.11 Å². The lowest BCUT2D eigenvalue weighted by molar-refractivity contribution is -0.138. The number of carboxylic acid groups (broad SMARTS) is 1. The van der Waals surface area contributed by atoms with E-state index < -0.39 is 18.1 Å². The van der Waals surface area contributed by atoms with Crippen molar-refractivity contribution in [1.82, 2.24) is 0 Å². The summed E-state index contributed by atoms with van der Waals surface area (Å²) in [5.74, 6) is -1.04. The quantitative estimate of drug-likeness (QED) is 0.258. The molecule has 108 valence electrons.